The summed E-state index contributed by atoms with van der Waals surface area (Å²) in [6.07, 6.45) is 0.182. The average molecular weight is 295 g/mol. The van der Waals surface area contributed by atoms with E-state index in [1.807, 2.05) is 6.92 Å². The summed E-state index contributed by atoms with van der Waals surface area (Å²) in [5, 5.41) is 0. The Morgan fingerprint density at radius 1 is 1.29 bits per heavy atom. The minimum absolute atomic E-state index is 0.220. The van der Waals surface area contributed by atoms with E-state index in [0.717, 1.165) is 0 Å². The van der Waals surface area contributed by atoms with Gasteiger partial charge in [-0.3, -0.25) is 0 Å². The van der Waals surface area contributed by atoms with E-state index in [0.29, 0.717) is 24.3 Å². The summed E-state index contributed by atoms with van der Waals surface area (Å²) in [4.78, 5) is 23.9. The number of esters is 2. The van der Waals surface area contributed by atoms with E-state index >= 15 is 0 Å². The van der Waals surface area contributed by atoms with Gasteiger partial charge < -0.3 is 19.9 Å². The molecule has 0 fully saturated rings. The van der Waals surface area contributed by atoms with Gasteiger partial charge >= 0.3 is 11.9 Å². The molecule has 0 aliphatic carbocycles. The van der Waals surface area contributed by atoms with Crippen molar-refractivity contribution in [1.82, 2.24) is 0 Å². The van der Waals surface area contributed by atoms with Crippen molar-refractivity contribution in [2.45, 2.75) is 32.8 Å². The summed E-state index contributed by atoms with van der Waals surface area (Å²) >= 11 is 0. The predicted molar refractivity (Wildman–Crippen MR) is 78.2 cm³/mol. The maximum absolute atomic E-state index is 12.2. The first-order valence-electron chi connectivity index (χ1n) is 6.84. The van der Waals surface area contributed by atoms with E-state index in [9.17, 15) is 9.59 Å². The Morgan fingerprint density at radius 2 is 2.00 bits per heavy atom. The zero-order chi connectivity index (χ0) is 15.8. The van der Waals surface area contributed by atoms with Crippen LogP contribution in [0.15, 0.2) is 18.2 Å². The molecule has 21 heavy (non-hydrogen) atoms. The van der Waals surface area contributed by atoms with Gasteiger partial charge in [-0.2, -0.15) is 0 Å². The number of carbonyl (C=O) groups is 2. The molecule has 0 bridgehead atoms. The van der Waals surface area contributed by atoms with Crippen LogP contribution in [0.5, 0.6) is 5.75 Å². The summed E-state index contributed by atoms with van der Waals surface area (Å²) in [6.45, 7) is 3.83. The van der Waals surface area contributed by atoms with Crippen molar-refractivity contribution in [3.05, 3.63) is 23.8 Å². The molecule has 0 spiro atoms. The minimum Gasteiger partial charge on any atom is -0.496 e. The van der Waals surface area contributed by atoms with Crippen LogP contribution >= 0.6 is 0 Å². The molecule has 0 saturated carbocycles. The van der Waals surface area contributed by atoms with Gasteiger partial charge in [0.2, 0.25) is 0 Å². The van der Waals surface area contributed by atoms with Crippen LogP contribution in [-0.4, -0.2) is 31.8 Å². The molecule has 0 radical (unpaired) electrons. The van der Waals surface area contributed by atoms with E-state index in [1.54, 1.807) is 13.0 Å². The van der Waals surface area contributed by atoms with Gasteiger partial charge in [0.15, 0.2) is 6.10 Å². The monoisotopic (exact) mass is 295 g/mol. The molecular formula is C15H21NO5. The number of anilines is 1. The lowest BCUT2D eigenvalue weighted by Crippen LogP contribution is -2.29. The van der Waals surface area contributed by atoms with E-state index in [4.69, 9.17) is 19.9 Å². The summed E-state index contributed by atoms with van der Waals surface area (Å²) in [5.41, 5.74) is 6.32. The second-order valence-electron chi connectivity index (χ2n) is 4.39. The number of carbonyl (C=O) groups excluding carboxylic acids is 2. The molecule has 1 rings (SSSR count). The van der Waals surface area contributed by atoms with Crippen LogP contribution in [0.2, 0.25) is 0 Å². The van der Waals surface area contributed by atoms with E-state index in [-0.39, 0.29) is 12.2 Å². The molecule has 0 saturated heterocycles. The number of benzene rings is 1. The van der Waals surface area contributed by atoms with Crippen molar-refractivity contribution in [2.24, 2.45) is 0 Å². The quantitative estimate of drug-likeness (QED) is 0.612. The minimum atomic E-state index is -0.912. The lowest BCUT2D eigenvalue weighted by Gasteiger charge is -2.16. The number of hydrogen-bond acceptors (Lipinski definition) is 6. The Hall–Kier alpha value is -2.24. The first kappa shape index (κ1) is 16.8. The molecule has 1 aromatic carbocycles. The number of methoxy groups -OCH3 is 1. The van der Waals surface area contributed by atoms with E-state index < -0.39 is 18.0 Å². The second kappa shape index (κ2) is 8.14. The maximum atomic E-state index is 12.2. The third kappa shape index (κ3) is 4.66. The lowest BCUT2D eigenvalue weighted by atomic mass is 10.1. The summed E-state index contributed by atoms with van der Waals surface area (Å²) in [7, 11) is 1.43. The second-order valence-corrected chi connectivity index (χ2v) is 4.39. The van der Waals surface area contributed by atoms with Crippen LogP contribution in [-0.2, 0) is 14.3 Å². The number of nitrogen functional groups attached to an aromatic ring is 1. The van der Waals surface area contributed by atoms with E-state index in [1.165, 1.54) is 19.2 Å². The van der Waals surface area contributed by atoms with Gasteiger partial charge in [-0.25, -0.2) is 9.59 Å². The standard InChI is InChI=1S/C15H21NO5/c1-4-6-12(15(18)20-5-2)21-14(17)11-8-7-10(16)9-13(11)19-3/h7-9,12H,4-6,16H2,1-3H3. The smallest absolute Gasteiger partial charge is 0.347 e. The van der Waals surface area contributed by atoms with Crippen molar-refractivity contribution in [3.63, 3.8) is 0 Å². The van der Waals surface area contributed by atoms with E-state index in [2.05, 4.69) is 0 Å². The Balaban J connectivity index is 2.89. The summed E-state index contributed by atoms with van der Waals surface area (Å²) in [5.74, 6) is -0.875. The van der Waals surface area contributed by atoms with Crippen LogP contribution in [0, 0.1) is 0 Å². The number of rotatable bonds is 7. The number of ether oxygens (including phenoxy) is 3. The predicted octanol–water partition coefficient (Wildman–Crippen LogP) is 2.17. The first-order valence-corrected chi connectivity index (χ1v) is 6.84. The third-order valence-electron chi connectivity index (χ3n) is 2.80. The highest BCUT2D eigenvalue weighted by Gasteiger charge is 2.25. The van der Waals surface area contributed by atoms with Crippen molar-refractivity contribution in [2.75, 3.05) is 19.5 Å². The molecule has 116 valence electrons. The topological polar surface area (TPSA) is 87.9 Å². The van der Waals surface area contributed by atoms with Gasteiger partial charge in [0, 0.05) is 11.8 Å². The molecular weight excluding hydrogens is 274 g/mol. The molecule has 1 unspecified atom stereocenters. The average Bonchev–Trinajstić information content (AvgIpc) is 2.46. The highest BCUT2D eigenvalue weighted by atomic mass is 16.6. The molecule has 0 aliphatic rings. The lowest BCUT2D eigenvalue weighted by molar-refractivity contribution is -0.153. The van der Waals surface area contributed by atoms with Crippen LogP contribution in [0.25, 0.3) is 0 Å². The molecule has 0 amide bonds. The number of hydrogen-bond donors (Lipinski definition) is 1. The first-order chi connectivity index (χ1) is 10.0. The molecule has 0 aromatic heterocycles. The molecule has 0 heterocycles. The Kier molecular flexibility index (Phi) is 6.52. The zero-order valence-electron chi connectivity index (χ0n) is 12.5. The largest absolute Gasteiger partial charge is 0.496 e. The van der Waals surface area contributed by atoms with Crippen molar-refractivity contribution in [1.29, 1.82) is 0 Å². The SMILES string of the molecule is CCCC(OC(=O)c1ccc(N)cc1OC)C(=O)OCC. The van der Waals surface area contributed by atoms with Crippen LogP contribution < -0.4 is 10.5 Å². The molecule has 6 nitrogen and oxygen atoms in total. The van der Waals surface area contributed by atoms with Crippen LogP contribution in [0.1, 0.15) is 37.0 Å². The third-order valence-corrected chi connectivity index (χ3v) is 2.80. The fourth-order valence-corrected chi connectivity index (χ4v) is 1.79. The van der Waals surface area contributed by atoms with Gasteiger partial charge in [0.25, 0.3) is 0 Å². The van der Waals surface area contributed by atoms with Crippen molar-refractivity contribution >= 4 is 17.6 Å². The normalized spacial score (nSPS) is 11.6. The molecule has 0 aliphatic heterocycles. The highest BCUT2D eigenvalue weighted by molar-refractivity contribution is 5.94. The summed E-state index contributed by atoms with van der Waals surface area (Å²) < 4.78 is 15.2. The van der Waals surface area contributed by atoms with Crippen LogP contribution in [0.3, 0.4) is 0 Å². The number of nitrogens with two attached hydrogens (primary N) is 1. The fourth-order valence-electron chi connectivity index (χ4n) is 1.79. The van der Waals surface area contributed by atoms with Gasteiger partial charge in [-0.1, -0.05) is 13.3 Å². The van der Waals surface area contributed by atoms with Crippen molar-refractivity contribution < 1.29 is 23.8 Å². The van der Waals surface area contributed by atoms with Gasteiger partial charge in [0.05, 0.1) is 13.7 Å². The molecule has 1 atom stereocenters. The summed E-state index contributed by atoms with van der Waals surface area (Å²) in [6, 6.07) is 4.60. The molecule has 6 heteroatoms. The van der Waals surface area contributed by atoms with Gasteiger partial charge in [-0.05, 0) is 25.5 Å². The Bertz CT molecular complexity index is 501. The van der Waals surface area contributed by atoms with Crippen LogP contribution in [0.4, 0.5) is 5.69 Å². The highest BCUT2D eigenvalue weighted by Crippen LogP contribution is 2.23. The van der Waals surface area contributed by atoms with Crippen molar-refractivity contribution in [3.8, 4) is 5.75 Å². The Labute approximate surface area is 124 Å². The Morgan fingerprint density at radius 3 is 2.57 bits per heavy atom. The zero-order valence-corrected chi connectivity index (χ0v) is 12.5. The fraction of sp³-hybridized carbons (Fsp3) is 0.467. The van der Waals surface area contributed by atoms with Gasteiger partial charge in [0.1, 0.15) is 11.3 Å². The molecule has 2 N–H and O–H groups in total. The molecule has 1 aromatic rings. The maximum Gasteiger partial charge on any atom is 0.347 e. The van der Waals surface area contributed by atoms with Gasteiger partial charge in [-0.15, -0.1) is 0 Å².